The molecule has 0 amide bonds. The Labute approximate surface area is 113 Å². The highest BCUT2D eigenvalue weighted by molar-refractivity contribution is 6.01. The van der Waals surface area contributed by atoms with E-state index >= 15 is 0 Å². The van der Waals surface area contributed by atoms with Crippen molar-refractivity contribution in [3.05, 3.63) is 56.7 Å². The first-order valence-corrected chi connectivity index (χ1v) is 6.16. The van der Waals surface area contributed by atoms with Crippen molar-refractivity contribution in [2.75, 3.05) is 0 Å². The van der Waals surface area contributed by atoms with E-state index in [4.69, 9.17) is 9.68 Å². The lowest BCUT2D eigenvalue weighted by Gasteiger charge is -2.09. The SMILES string of the molecule is CCn1c(=O)c2c(=O)c(C#N)coc2c2ccccc21. The van der Waals surface area contributed by atoms with Crippen LogP contribution in [0.3, 0.4) is 0 Å². The van der Waals surface area contributed by atoms with E-state index in [1.165, 1.54) is 4.57 Å². The van der Waals surface area contributed by atoms with E-state index in [2.05, 4.69) is 0 Å². The van der Waals surface area contributed by atoms with Crippen molar-refractivity contribution in [2.45, 2.75) is 13.5 Å². The molecule has 0 fully saturated rings. The molecule has 0 bridgehead atoms. The van der Waals surface area contributed by atoms with Crippen LogP contribution >= 0.6 is 0 Å². The highest BCUT2D eigenvalue weighted by Crippen LogP contribution is 2.21. The summed E-state index contributed by atoms with van der Waals surface area (Å²) < 4.78 is 6.88. The average Bonchev–Trinajstić information content (AvgIpc) is 2.48. The van der Waals surface area contributed by atoms with Crippen LogP contribution in [0.4, 0.5) is 0 Å². The second kappa shape index (κ2) is 4.35. The van der Waals surface area contributed by atoms with Gasteiger partial charge in [0.25, 0.3) is 5.56 Å². The molecule has 3 aromatic rings. The van der Waals surface area contributed by atoms with E-state index in [1.54, 1.807) is 18.2 Å². The number of hydrogen-bond acceptors (Lipinski definition) is 4. The van der Waals surface area contributed by atoms with Crippen LogP contribution in [0.2, 0.25) is 0 Å². The molecule has 0 spiro atoms. The second-order valence-corrected chi connectivity index (χ2v) is 4.36. The van der Waals surface area contributed by atoms with Gasteiger partial charge in [0.15, 0.2) is 5.58 Å². The van der Waals surface area contributed by atoms with Crippen molar-refractivity contribution in [3.63, 3.8) is 0 Å². The summed E-state index contributed by atoms with van der Waals surface area (Å²) >= 11 is 0. The number of para-hydroxylation sites is 1. The summed E-state index contributed by atoms with van der Waals surface area (Å²) in [7, 11) is 0. The molecule has 3 rings (SSSR count). The highest BCUT2D eigenvalue weighted by Gasteiger charge is 2.16. The standard InChI is InChI=1S/C15H10N2O3/c1-2-17-11-6-4-3-5-10(11)14-12(15(17)19)13(18)9(7-16)8-20-14/h3-6,8H,2H2,1H3. The van der Waals surface area contributed by atoms with Gasteiger partial charge >= 0.3 is 0 Å². The summed E-state index contributed by atoms with van der Waals surface area (Å²) in [5.74, 6) is 0. The van der Waals surface area contributed by atoms with Crippen LogP contribution in [0.1, 0.15) is 12.5 Å². The number of rotatable bonds is 1. The Morgan fingerprint density at radius 2 is 2.05 bits per heavy atom. The minimum absolute atomic E-state index is 0.0652. The first-order chi connectivity index (χ1) is 9.69. The van der Waals surface area contributed by atoms with E-state index in [1.807, 2.05) is 19.1 Å². The molecule has 0 radical (unpaired) electrons. The third-order valence-electron chi connectivity index (χ3n) is 3.33. The topological polar surface area (TPSA) is 76.0 Å². The lowest BCUT2D eigenvalue weighted by atomic mass is 10.1. The van der Waals surface area contributed by atoms with Crippen LogP contribution in [0.15, 0.2) is 44.5 Å². The van der Waals surface area contributed by atoms with Crippen LogP contribution < -0.4 is 11.0 Å². The number of benzene rings is 1. The van der Waals surface area contributed by atoms with Gasteiger partial charge in [0.2, 0.25) is 5.43 Å². The fourth-order valence-electron chi connectivity index (χ4n) is 2.40. The number of hydrogen-bond donors (Lipinski definition) is 0. The van der Waals surface area contributed by atoms with Crippen molar-refractivity contribution in [1.29, 1.82) is 5.26 Å². The quantitative estimate of drug-likeness (QED) is 0.631. The molecule has 5 nitrogen and oxygen atoms in total. The normalized spacial score (nSPS) is 10.8. The Kier molecular flexibility index (Phi) is 2.65. The molecule has 0 aliphatic rings. The van der Waals surface area contributed by atoms with Gasteiger partial charge < -0.3 is 8.98 Å². The predicted octanol–water partition coefficient (Wildman–Crippen LogP) is 2.00. The van der Waals surface area contributed by atoms with E-state index in [9.17, 15) is 9.59 Å². The summed E-state index contributed by atoms with van der Waals surface area (Å²) in [5, 5.41) is 9.51. The third-order valence-corrected chi connectivity index (χ3v) is 3.33. The van der Waals surface area contributed by atoms with E-state index < -0.39 is 11.0 Å². The maximum Gasteiger partial charge on any atom is 0.266 e. The average molecular weight is 266 g/mol. The largest absolute Gasteiger partial charge is 0.462 e. The molecule has 98 valence electrons. The van der Waals surface area contributed by atoms with Gasteiger partial charge in [0.05, 0.1) is 5.52 Å². The van der Waals surface area contributed by atoms with Gasteiger partial charge in [-0.1, -0.05) is 12.1 Å². The minimum atomic E-state index is -0.577. The molecule has 0 aliphatic heterocycles. The summed E-state index contributed by atoms with van der Waals surface area (Å²) in [6, 6.07) is 8.97. The third kappa shape index (κ3) is 1.48. The van der Waals surface area contributed by atoms with Gasteiger partial charge in [-0.15, -0.1) is 0 Å². The van der Waals surface area contributed by atoms with Crippen LogP contribution in [-0.2, 0) is 6.54 Å². The second-order valence-electron chi connectivity index (χ2n) is 4.36. The number of aromatic nitrogens is 1. The smallest absolute Gasteiger partial charge is 0.266 e. The zero-order valence-corrected chi connectivity index (χ0v) is 10.7. The zero-order chi connectivity index (χ0) is 14.3. The number of fused-ring (bicyclic) bond motifs is 3. The molecular formula is C15H10N2O3. The predicted molar refractivity (Wildman–Crippen MR) is 74.6 cm³/mol. The Balaban J connectivity index is 2.73. The van der Waals surface area contributed by atoms with Crippen molar-refractivity contribution in [3.8, 4) is 6.07 Å². The molecular weight excluding hydrogens is 256 g/mol. The molecule has 1 aromatic carbocycles. The van der Waals surface area contributed by atoms with Crippen LogP contribution in [0.5, 0.6) is 0 Å². The molecule has 0 atom stereocenters. The molecule has 0 aliphatic carbocycles. The fourth-order valence-corrected chi connectivity index (χ4v) is 2.40. The van der Waals surface area contributed by atoms with Gasteiger partial charge in [0.1, 0.15) is 23.3 Å². The van der Waals surface area contributed by atoms with Crippen molar-refractivity contribution >= 4 is 21.9 Å². The van der Waals surface area contributed by atoms with Crippen molar-refractivity contribution in [1.82, 2.24) is 4.57 Å². The summed E-state index contributed by atoms with van der Waals surface area (Å²) in [6.07, 6.45) is 1.10. The fraction of sp³-hybridized carbons (Fsp3) is 0.133. The number of aryl methyl sites for hydroxylation is 1. The first-order valence-electron chi connectivity index (χ1n) is 6.16. The Morgan fingerprint density at radius 1 is 1.30 bits per heavy atom. The van der Waals surface area contributed by atoms with E-state index in [0.29, 0.717) is 17.4 Å². The van der Waals surface area contributed by atoms with Crippen LogP contribution in [0.25, 0.3) is 21.9 Å². The van der Waals surface area contributed by atoms with Gasteiger partial charge in [-0.3, -0.25) is 9.59 Å². The molecule has 0 saturated carbocycles. The van der Waals surface area contributed by atoms with Crippen LogP contribution in [0, 0.1) is 11.3 Å². The highest BCUT2D eigenvalue weighted by atomic mass is 16.3. The van der Waals surface area contributed by atoms with Gasteiger partial charge in [-0.2, -0.15) is 5.26 Å². The lowest BCUT2D eigenvalue weighted by molar-refractivity contribution is 0.601. The number of pyridine rings is 1. The zero-order valence-electron chi connectivity index (χ0n) is 10.7. The van der Waals surface area contributed by atoms with Crippen LogP contribution in [-0.4, -0.2) is 4.57 Å². The Hall–Kier alpha value is -2.87. The molecule has 20 heavy (non-hydrogen) atoms. The summed E-state index contributed by atoms with van der Waals surface area (Å²) in [5.41, 5.74) is -0.217. The summed E-state index contributed by atoms with van der Waals surface area (Å²) in [4.78, 5) is 24.7. The monoisotopic (exact) mass is 266 g/mol. The van der Waals surface area contributed by atoms with E-state index in [0.717, 1.165) is 6.26 Å². The maximum absolute atomic E-state index is 12.5. The first kappa shape index (κ1) is 12.2. The molecule has 0 saturated heterocycles. The maximum atomic E-state index is 12.5. The van der Waals surface area contributed by atoms with Crippen molar-refractivity contribution < 1.29 is 4.42 Å². The van der Waals surface area contributed by atoms with E-state index in [-0.39, 0.29) is 16.5 Å². The van der Waals surface area contributed by atoms with Gasteiger partial charge in [0, 0.05) is 11.9 Å². The number of nitriles is 1. The molecule has 0 unspecified atom stereocenters. The van der Waals surface area contributed by atoms with Crippen molar-refractivity contribution in [2.24, 2.45) is 0 Å². The number of nitrogens with zero attached hydrogens (tertiary/aromatic N) is 2. The molecule has 5 heteroatoms. The molecule has 2 heterocycles. The van der Waals surface area contributed by atoms with Gasteiger partial charge in [-0.05, 0) is 19.1 Å². The molecule has 0 N–H and O–H groups in total. The summed E-state index contributed by atoms with van der Waals surface area (Å²) in [6.45, 7) is 2.26. The lowest BCUT2D eigenvalue weighted by Crippen LogP contribution is -2.25. The minimum Gasteiger partial charge on any atom is -0.462 e. The Morgan fingerprint density at radius 3 is 2.75 bits per heavy atom. The van der Waals surface area contributed by atoms with Gasteiger partial charge in [-0.25, -0.2) is 0 Å². The Bertz CT molecular complexity index is 990. The molecule has 2 aromatic heterocycles.